The fourth-order valence-electron chi connectivity index (χ4n) is 21.6. The molecule has 11 aromatic rings. The third-order valence-corrected chi connectivity index (χ3v) is 24.6. The van der Waals surface area contributed by atoms with Crippen molar-refractivity contribution in [2.24, 2.45) is 5.92 Å². The van der Waals surface area contributed by atoms with E-state index in [1.165, 1.54) is 151 Å². The number of nitrogens with zero attached hydrogens (tertiary/aromatic N) is 1. The molecule has 3 saturated carbocycles. The smallest absolute Gasteiger partial charge is 0.0508 e. The molecule has 3 spiro atoms. The minimum atomic E-state index is -0.210. The molecule has 1 nitrogen and oxygen atoms in total. The fraction of sp³-hybridized carbons (Fsp3) is 0.241. The van der Waals surface area contributed by atoms with E-state index in [1.807, 2.05) is 0 Å². The summed E-state index contributed by atoms with van der Waals surface area (Å²) in [5, 5.41) is 0. The maximum absolute atomic E-state index is 2.67. The minimum absolute atomic E-state index is 0.0894. The van der Waals surface area contributed by atoms with Crippen LogP contribution in [0.4, 0.5) is 17.1 Å². The molecule has 11 aromatic carbocycles. The molecule has 0 heterocycles. The van der Waals surface area contributed by atoms with Crippen LogP contribution in [0.3, 0.4) is 0 Å². The van der Waals surface area contributed by atoms with Gasteiger partial charge in [0.25, 0.3) is 0 Å². The molecular formula is C87H73N. The van der Waals surface area contributed by atoms with Gasteiger partial charge in [0.05, 0.1) is 5.69 Å². The molecule has 0 aliphatic heterocycles. The minimum Gasteiger partial charge on any atom is -0.310 e. The molecule has 1 heteroatoms. The summed E-state index contributed by atoms with van der Waals surface area (Å²) in [5.41, 5.74) is 34.9. The van der Waals surface area contributed by atoms with Gasteiger partial charge >= 0.3 is 0 Å². The predicted molar refractivity (Wildman–Crippen MR) is 365 cm³/mol. The van der Waals surface area contributed by atoms with Crippen LogP contribution in [0.25, 0.3) is 66.8 Å². The van der Waals surface area contributed by atoms with Crippen LogP contribution < -0.4 is 4.90 Å². The summed E-state index contributed by atoms with van der Waals surface area (Å²) in [6, 6.07) is 99.0. The first-order chi connectivity index (χ1) is 43.1. The van der Waals surface area contributed by atoms with Crippen LogP contribution in [0.2, 0.25) is 0 Å². The van der Waals surface area contributed by atoms with Crippen LogP contribution >= 0.6 is 0 Å². The van der Waals surface area contributed by atoms with E-state index in [2.05, 4.69) is 281 Å². The molecule has 3 fully saturated rings. The van der Waals surface area contributed by atoms with Crippen molar-refractivity contribution in [3.05, 3.63) is 304 Å². The van der Waals surface area contributed by atoms with E-state index in [4.69, 9.17) is 0 Å². The predicted octanol–water partition coefficient (Wildman–Crippen LogP) is 22.6. The zero-order valence-electron chi connectivity index (χ0n) is 51.1. The SMILES string of the molecule is CC1(C)c2ccccc2-c2ccc(N(c3ccc(-c4cccc5c4-c4ccccc4C4CC67CC(CCC89CC(CCC5(C4)C86)c4ccccc4-c4ccccc49)c4ccccc4-c4ccccc47)cc3)c3cccc4c3C(C)(C)c3ccccc3-4)cc21. The van der Waals surface area contributed by atoms with E-state index in [1.54, 1.807) is 33.4 Å². The van der Waals surface area contributed by atoms with Gasteiger partial charge in [-0.05, 0) is 228 Å². The summed E-state index contributed by atoms with van der Waals surface area (Å²) in [6.07, 6.45) is 9.44. The third-order valence-electron chi connectivity index (χ3n) is 24.6. The Morgan fingerprint density at radius 1 is 0.307 bits per heavy atom. The molecule has 0 radical (unpaired) electrons. The first-order valence-corrected chi connectivity index (χ1v) is 33.1. The van der Waals surface area contributed by atoms with Crippen molar-refractivity contribution in [2.45, 2.75) is 124 Å². The Balaban J connectivity index is 0.842. The summed E-state index contributed by atoms with van der Waals surface area (Å²) in [5.74, 6) is 1.63. The lowest BCUT2D eigenvalue weighted by Gasteiger charge is -2.63. The normalized spacial score (nSPS) is 25.0. The lowest BCUT2D eigenvalue weighted by atomic mass is 9.40. The maximum atomic E-state index is 2.67. The largest absolute Gasteiger partial charge is 0.310 e. The second-order valence-corrected chi connectivity index (χ2v) is 29.1. The Morgan fingerprint density at radius 2 is 0.727 bits per heavy atom. The third kappa shape index (κ3) is 6.68. The fourth-order valence-corrected chi connectivity index (χ4v) is 21.6. The summed E-state index contributed by atoms with van der Waals surface area (Å²) < 4.78 is 0. The summed E-state index contributed by atoms with van der Waals surface area (Å²) in [4.78, 5) is 2.60. The Morgan fingerprint density at radius 3 is 1.38 bits per heavy atom. The zero-order chi connectivity index (χ0) is 58.5. The molecule has 426 valence electrons. The highest BCUT2D eigenvalue weighted by Crippen LogP contribution is 2.77. The second-order valence-electron chi connectivity index (χ2n) is 29.1. The molecule has 0 amide bonds. The molecule has 6 bridgehead atoms. The van der Waals surface area contributed by atoms with Crippen LogP contribution in [0.15, 0.2) is 249 Å². The van der Waals surface area contributed by atoms with Crippen LogP contribution in [0.1, 0.15) is 152 Å². The number of hydrogen-bond acceptors (Lipinski definition) is 1. The standard InChI is InChI=1S/C87H73N/c1-83(2)73-33-15-11-28-68(73)70-44-43-59(49-78(70)83)88(79-38-20-32-72-69-29-12-16-34-74(69)84(3,4)81(72)79)58-41-39-54(40-42-58)63-31-19-37-77-80(63)71-30-10-7-23-62(71)57-52-86(77)48-46-55-50-85(75-35-17-13-26-66(75)64-24-8-5-21-60(55)64)47-45-56-51-87(53-57,82(85)86)76-36-18-14-27-67(76)65-25-9-6-22-61(56)65/h5-44,49,55-57,82H,45-48,50-53H2,1-4H3. The Bertz CT molecular complexity index is 4760. The van der Waals surface area contributed by atoms with Crippen LogP contribution in [-0.2, 0) is 27.1 Å². The summed E-state index contributed by atoms with van der Waals surface area (Å²) in [6.45, 7) is 9.69. The highest BCUT2D eigenvalue weighted by atomic mass is 15.1. The molecule has 8 aliphatic carbocycles. The Kier molecular flexibility index (Phi) is 10.6. The van der Waals surface area contributed by atoms with Gasteiger partial charge in [0.2, 0.25) is 0 Å². The topological polar surface area (TPSA) is 3.24 Å². The second kappa shape index (κ2) is 18.2. The molecule has 0 N–H and O–H groups in total. The molecule has 19 rings (SSSR count). The Labute approximate surface area is 519 Å². The van der Waals surface area contributed by atoms with Crippen LogP contribution in [-0.4, -0.2) is 0 Å². The van der Waals surface area contributed by atoms with E-state index in [-0.39, 0.29) is 27.1 Å². The zero-order valence-corrected chi connectivity index (χ0v) is 51.1. The highest BCUT2D eigenvalue weighted by Gasteiger charge is 2.69. The first-order valence-electron chi connectivity index (χ1n) is 33.1. The summed E-state index contributed by atoms with van der Waals surface area (Å²) in [7, 11) is 0. The van der Waals surface area contributed by atoms with E-state index < -0.39 is 0 Å². The molecule has 0 saturated heterocycles. The molecule has 0 aromatic heterocycles. The highest BCUT2D eigenvalue weighted by molar-refractivity contribution is 5.94. The lowest BCUT2D eigenvalue weighted by molar-refractivity contribution is 0.00246. The van der Waals surface area contributed by atoms with Crippen molar-refractivity contribution < 1.29 is 0 Å². The number of rotatable bonds is 4. The van der Waals surface area contributed by atoms with E-state index in [9.17, 15) is 0 Å². The maximum Gasteiger partial charge on any atom is 0.0508 e. The molecule has 8 aliphatic rings. The quantitative estimate of drug-likeness (QED) is 0.170. The van der Waals surface area contributed by atoms with Gasteiger partial charge in [-0.1, -0.05) is 246 Å². The molecular weight excluding hydrogens is 1060 g/mol. The van der Waals surface area contributed by atoms with Gasteiger partial charge in [0.1, 0.15) is 0 Å². The van der Waals surface area contributed by atoms with Gasteiger partial charge in [-0.2, -0.15) is 0 Å². The van der Waals surface area contributed by atoms with Crippen molar-refractivity contribution in [3.63, 3.8) is 0 Å². The van der Waals surface area contributed by atoms with Gasteiger partial charge in [-0.25, -0.2) is 0 Å². The van der Waals surface area contributed by atoms with Crippen LogP contribution in [0.5, 0.6) is 0 Å². The van der Waals surface area contributed by atoms with Gasteiger partial charge in [-0.15, -0.1) is 0 Å². The average Bonchev–Trinajstić information content (AvgIpc) is 1.42. The van der Waals surface area contributed by atoms with Crippen molar-refractivity contribution in [1.29, 1.82) is 0 Å². The van der Waals surface area contributed by atoms with Crippen molar-refractivity contribution in [1.82, 2.24) is 0 Å². The monoisotopic (exact) mass is 1130 g/mol. The molecule has 88 heavy (non-hydrogen) atoms. The van der Waals surface area contributed by atoms with Gasteiger partial charge in [0, 0.05) is 38.4 Å². The number of anilines is 3. The first kappa shape index (κ1) is 51.3. The summed E-state index contributed by atoms with van der Waals surface area (Å²) >= 11 is 0. The number of hydrogen-bond donors (Lipinski definition) is 0. The Hall–Kier alpha value is -8.78. The van der Waals surface area contributed by atoms with E-state index in [0.29, 0.717) is 23.7 Å². The lowest BCUT2D eigenvalue weighted by Crippen LogP contribution is -2.60. The number of benzene rings is 11. The van der Waals surface area contributed by atoms with Crippen LogP contribution in [0, 0.1) is 5.92 Å². The van der Waals surface area contributed by atoms with Gasteiger partial charge in [-0.3, -0.25) is 0 Å². The van der Waals surface area contributed by atoms with E-state index >= 15 is 0 Å². The molecule has 7 unspecified atom stereocenters. The van der Waals surface area contributed by atoms with Crippen molar-refractivity contribution >= 4 is 17.1 Å². The number of fused-ring (bicyclic) bond motifs is 21. The average molecular weight is 1130 g/mol. The van der Waals surface area contributed by atoms with E-state index in [0.717, 1.165) is 6.42 Å². The van der Waals surface area contributed by atoms with Crippen molar-refractivity contribution in [3.8, 4) is 66.8 Å². The van der Waals surface area contributed by atoms with Crippen molar-refractivity contribution in [2.75, 3.05) is 4.90 Å². The molecule has 7 atom stereocenters. The van der Waals surface area contributed by atoms with Gasteiger partial charge < -0.3 is 4.90 Å². The van der Waals surface area contributed by atoms with Gasteiger partial charge in [0.15, 0.2) is 0 Å².